The highest BCUT2D eigenvalue weighted by Gasteiger charge is 2.18. The van der Waals surface area contributed by atoms with Crippen molar-refractivity contribution in [3.05, 3.63) is 57.0 Å². The van der Waals surface area contributed by atoms with Crippen LogP contribution in [0.3, 0.4) is 0 Å². The molecule has 0 amide bonds. The van der Waals surface area contributed by atoms with Gasteiger partial charge in [-0.05, 0) is 58.2 Å². The molecule has 21 heavy (non-hydrogen) atoms. The molecular weight excluding hydrogens is 376 g/mol. The van der Waals surface area contributed by atoms with Crippen LogP contribution in [0.15, 0.2) is 45.8 Å². The predicted octanol–water partition coefficient (Wildman–Crippen LogP) is 3.47. The van der Waals surface area contributed by atoms with Crippen molar-refractivity contribution >= 4 is 43.2 Å². The van der Waals surface area contributed by atoms with Gasteiger partial charge in [0.05, 0.1) is 4.90 Å². The van der Waals surface area contributed by atoms with E-state index in [9.17, 15) is 8.42 Å². The number of halogens is 2. The third kappa shape index (κ3) is 3.97. The number of aryl methyl sites for hydroxylation is 1. The Kier molecular flexibility index (Phi) is 4.93. The molecule has 2 aromatic carbocycles. The number of nitrogens with two attached hydrogens (primary N) is 1. The van der Waals surface area contributed by atoms with Crippen molar-refractivity contribution in [3.8, 4) is 0 Å². The largest absolute Gasteiger partial charge is 0.398 e. The Morgan fingerprint density at radius 2 is 2.00 bits per heavy atom. The van der Waals surface area contributed by atoms with Crippen molar-refractivity contribution in [2.45, 2.75) is 18.4 Å². The summed E-state index contributed by atoms with van der Waals surface area (Å²) in [6.45, 7) is 1.89. The van der Waals surface area contributed by atoms with Gasteiger partial charge in [-0.2, -0.15) is 0 Å². The molecule has 7 heteroatoms. The number of nitrogen functional groups attached to an aromatic ring is 1. The van der Waals surface area contributed by atoms with Crippen LogP contribution in [-0.2, 0) is 16.6 Å². The van der Waals surface area contributed by atoms with E-state index in [1.807, 2.05) is 0 Å². The topological polar surface area (TPSA) is 72.2 Å². The minimum absolute atomic E-state index is 0.165. The van der Waals surface area contributed by atoms with Gasteiger partial charge in [0.25, 0.3) is 0 Å². The Bertz CT molecular complexity index is 779. The van der Waals surface area contributed by atoms with E-state index in [2.05, 4.69) is 20.7 Å². The second-order valence-corrected chi connectivity index (χ2v) is 7.62. The molecule has 2 rings (SSSR count). The zero-order chi connectivity index (χ0) is 15.6. The summed E-state index contributed by atoms with van der Waals surface area (Å²) in [5, 5.41) is 0.566. The third-order valence-electron chi connectivity index (χ3n) is 2.94. The fourth-order valence-electron chi connectivity index (χ4n) is 1.86. The van der Waals surface area contributed by atoms with Crippen molar-refractivity contribution in [2.24, 2.45) is 0 Å². The maximum absolute atomic E-state index is 12.4. The summed E-state index contributed by atoms with van der Waals surface area (Å²) in [6, 6.07) is 10.2. The van der Waals surface area contributed by atoms with Crippen LogP contribution in [0.1, 0.15) is 11.1 Å². The summed E-state index contributed by atoms with van der Waals surface area (Å²) < 4.78 is 27.9. The Labute approximate surface area is 137 Å². The lowest BCUT2D eigenvalue weighted by atomic mass is 10.2. The summed E-state index contributed by atoms with van der Waals surface area (Å²) >= 11 is 9.15. The highest BCUT2D eigenvalue weighted by molar-refractivity contribution is 9.10. The van der Waals surface area contributed by atoms with E-state index in [0.29, 0.717) is 20.7 Å². The molecule has 112 valence electrons. The lowest BCUT2D eigenvalue weighted by molar-refractivity contribution is 0.580. The number of hydrogen-bond acceptors (Lipinski definition) is 3. The third-order valence-corrected chi connectivity index (χ3v) is 5.40. The predicted molar refractivity (Wildman–Crippen MR) is 88.8 cm³/mol. The van der Waals surface area contributed by atoms with Crippen LogP contribution in [0.2, 0.25) is 5.02 Å². The maximum Gasteiger partial charge on any atom is 0.241 e. The van der Waals surface area contributed by atoms with Crippen LogP contribution < -0.4 is 10.5 Å². The summed E-state index contributed by atoms with van der Waals surface area (Å²) in [7, 11) is -3.64. The number of benzene rings is 2. The lowest BCUT2D eigenvalue weighted by Crippen LogP contribution is -2.24. The summed E-state index contributed by atoms with van der Waals surface area (Å²) in [4.78, 5) is 0.172. The molecule has 0 saturated carbocycles. The normalized spacial score (nSPS) is 11.6. The number of nitrogens with one attached hydrogen (secondary N) is 1. The molecule has 0 spiro atoms. The maximum atomic E-state index is 12.4. The molecule has 0 aromatic heterocycles. The van der Waals surface area contributed by atoms with E-state index in [-0.39, 0.29) is 11.4 Å². The molecule has 0 aliphatic carbocycles. The first-order valence-corrected chi connectivity index (χ1v) is 8.75. The quantitative estimate of drug-likeness (QED) is 0.786. The number of sulfonamides is 1. The average molecular weight is 390 g/mol. The molecule has 3 N–H and O–H groups in total. The van der Waals surface area contributed by atoms with E-state index in [4.69, 9.17) is 17.3 Å². The van der Waals surface area contributed by atoms with Gasteiger partial charge in [-0.1, -0.05) is 23.7 Å². The van der Waals surface area contributed by atoms with Crippen molar-refractivity contribution in [2.75, 3.05) is 5.73 Å². The minimum atomic E-state index is -3.64. The summed E-state index contributed by atoms with van der Waals surface area (Å²) in [5.74, 6) is 0. The SMILES string of the molecule is Cc1cc(Br)c(N)cc1S(=O)(=O)NCc1cccc(Cl)c1. The molecule has 0 fully saturated rings. The molecule has 0 unspecified atom stereocenters. The number of hydrogen-bond donors (Lipinski definition) is 2. The first kappa shape index (κ1) is 16.3. The monoisotopic (exact) mass is 388 g/mol. The molecule has 0 aliphatic heterocycles. The van der Waals surface area contributed by atoms with Crippen molar-refractivity contribution < 1.29 is 8.42 Å². The van der Waals surface area contributed by atoms with Gasteiger partial charge in [-0.25, -0.2) is 13.1 Å². The minimum Gasteiger partial charge on any atom is -0.398 e. The van der Waals surface area contributed by atoms with E-state index in [0.717, 1.165) is 5.56 Å². The van der Waals surface area contributed by atoms with Gasteiger partial charge in [0.2, 0.25) is 10.0 Å². The molecule has 0 radical (unpaired) electrons. The van der Waals surface area contributed by atoms with E-state index < -0.39 is 10.0 Å². The first-order valence-electron chi connectivity index (χ1n) is 6.09. The zero-order valence-electron chi connectivity index (χ0n) is 11.2. The van der Waals surface area contributed by atoms with Gasteiger partial charge in [-0.3, -0.25) is 0 Å². The molecule has 0 bridgehead atoms. The van der Waals surface area contributed by atoms with Crippen molar-refractivity contribution in [1.29, 1.82) is 0 Å². The summed E-state index contributed by atoms with van der Waals surface area (Å²) in [6.07, 6.45) is 0. The van der Waals surface area contributed by atoms with Crippen LogP contribution in [0.4, 0.5) is 5.69 Å². The van der Waals surface area contributed by atoms with Gasteiger partial charge in [0.15, 0.2) is 0 Å². The molecule has 2 aromatic rings. The van der Waals surface area contributed by atoms with Crippen molar-refractivity contribution in [3.63, 3.8) is 0 Å². The number of rotatable bonds is 4. The highest BCUT2D eigenvalue weighted by atomic mass is 79.9. The Balaban J connectivity index is 2.25. The van der Waals surface area contributed by atoms with Crippen LogP contribution in [0, 0.1) is 6.92 Å². The van der Waals surface area contributed by atoms with Gasteiger partial charge in [-0.15, -0.1) is 0 Å². The second-order valence-electron chi connectivity index (χ2n) is 4.59. The molecule has 0 aliphatic rings. The molecule has 4 nitrogen and oxygen atoms in total. The van der Waals surface area contributed by atoms with E-state index in [1.54, 1.807) is 37.3 Å². The number of anilines is 1. The van der Waals surface area contributed by atoms with Gasteiger partial charge in [0, 0.05) is 21.7 Å². The Morgan fingerprint density at radius 1 is 1.29 bits per heavy atom. The summed E-state index contributed by atoms with van der Waals surface area (Å²) in [5.41, 5.74) is 7.54. The second kappa shape index (κ2) is 6.36. The average Bonchev–Trinajstić information content (AvgIpc) is 2.41. The standard InChI is InChI=1S/C14H14BrClN2O2S/c1-9-5-12(15)13(17)7-14(9)21(19,20)18-8-10-3-2-4-11(16)6-10/h2-7,18H,8,17H2,1H3. The van der Waals surface area contributed by atoms with E-state index >= 15 is 0 Å². The van der Waals surface area contributed by atoms with E-state index in [1.165, 1.54) is 6.07 Å². The van der Waals surface area contributed by atoms with Crippen LogP contribution in [0.5, 0.6) is 0 Å². The lowest BCUT2D eigenvalue weighted by Gasteiger charge is -2.11. The molecular formula is C14H14BrClN2O2S. The van der Waals surface area contributed by atoms with Crippen LogP contribution >= 0.6 is 27.5 Å². The molecule has 0 atom stereocenters. The molecule has 0 saturated heterocycles. The van der Waals surface area contributed by atoms with Gasteiger partial charge in [0.1, 0.15) is 0 Å². The van der Waals surface area contributed by atoms with Crippen molar-refractivity contribution in [1.82, 2.24) is 4.72 Å². The fraction of sp³-hybridized carbons (Fsp3) is 0.143. The first-order chi connectivity index (χ1) is 9.79. The Morgan fingerprint density at radius 3 is 2.67 bits per heavy atom. The smallest absolute Gasteiger partial charge is 0.241 e. The Hall–Kier alpha value is -1.08. The zero-order valence-corrected chi connectivity index (χ0v) is 14.4. The van der Waals surface area contributed by atoms with Gasteiger partial charge >= 0.3 is 0 Å². The van der Waals surface area contributed by atoms with Gasteiger partial charge < -0.3 is 5.73 Å². The van der Waals surface area contributed by atoms with Crippen LogP contribution in [-0.4, -0.2) is 8.42 Å². The highest BCUT2D eigenvalue weighted by Crippen LogP contribution is 2.26. The fourth-order valence-corrected chi connectivity index (χ4v) is 3.81. The molecule has 0 heterocycles. The van der Waals surface area contributed by atoms with Crippen LogP contribution in [0.25, 0.3) is 0 Å².